The fraction of sp³-hybridized carbons (Fsp3) is 0.353. The second-order valence-corrected chi connectivity index (χ2v) is 5.40. The fourth-order valence-electron chi connectivity index (χ4n) is 2.22. The number of hydrogen-bond acceptors (Lipinski definition) is 4. The number of aromatic nitrogens is 1. The van der Waals surface area contributed by atoms with Gasteiger partial charge in [0.1, 0.15) is 0 Å². The summed E-state index contributed by atoms with van der Waals surface area (Å²) in [6.07, 6.45) is 3.08. The van der Waals surface area contributed by atoms with Crippen molar-refractivity contribution in [1.29, 1.82) is 0 Å². The standard InChI is InChI=1S/C17H20N2O4/c1-12(10-17(21)22)19-15(20)8-5-9-16-18-11-14(23-16)13-6-3-2-4-7-13/h2-4,6-7,11-12H,5,8-10H2,1H3,(H,19,20)(H,21,22). The first-order valence-electron chi connectivity index (χ1n) is 7.56. The molecular formula is C17H20N2O4. The maximum atomic E-state index is 11.7. The molecule has 6 heteroatoms. The molecule has 1 atom stereocenters. The zero-order valence-corrected chi connectivity index (χ0v) is 13.0. The minimum Gasteiger partial charge on any atom is -0.481 e. The largest absolute Gasteiger partial charge is 0.481 e. The van der Waals surface area contributed by atoms with Crippen LogP contribution in [0.1, 0.15) is 32.1 Å². The minimum absolute atomic E-state index is 0.0775. The highest BCUT2D eigenvalue weighted by molar-refractivity contribution is 5.77. The number of carboxylic acid groups (broad SMARTS) is 1. The number of nitrogens with zero attached hydrogens (tertiary/aromatic N) is 1. The van der Waals surface area contributed by atoms with Crippen molar-refractivity contribution in [3.63, 3.8) is 0 Å². The molecule has 0 saturated carbocycles. The molecule has 2 rings (SSSR count). The summed E-state index contributed by atoms with van der Waals surface area (Å²) in [7, 11) is 0. The Labute approximate surface area is 134 Å². The fourth-order valence-corrected chi connectivity index (χ4v) is 2.22. The van der Waals surface area contributed by atoms with E-state index in [2.05, 4.69) is 10.3 Å². The van der Waals surface area contributed by atoms with Crippen molar-refractivity contribution in [1.82, 2.24) is 10.3 Å². The molecule has 1 amide bonds. The maximum absolute atomic E-state index is 11.7. The van der Waals surface area contributed by atoms with E-state index in [1.54, 1.807) is 13.1 Å². The van der Waals surface area contributed by atoms with Gasteiger partial charge in [0.2, 0.25) is 5.91 Å². The number of aryl methyl sites for hydroxylation is 1. The molecule has 2 aromatic rings. The highest BCUT2D eigenvalue weighted by Crippen LogP contribution is 2.20. The van der Waals surface area contributed by atoms with E-state index in [1.807, 2.05) is 30.3 Å². The molecule has 2 N–H and O–H groups in total. The van der Waals surface area contributed by atoms with Gasteiger partial charge in [0, 0.05) is 24.4 Å². The molecule has 122 valence electrons. The average Bonchev–Trinajstić information content (AvgIpc) is 2.96. The molecule has 1 unspecified atom stereocenters. The van der Waals surface area contributed by atoms with Crippen molar-refractivity contribution in [2.75, 3.05) is 0 Å². The Morgan fingerprint density at radius 3 is 2.74 bits per heavy atom. The number of oxazole rings is 1. The lowest BCUT2D eigenvalue weighted by Crippen LogP contribution is -2.34. The maximum Gasteiger partial charge on any atom is 0.305 e. The molecule has 0 saturated heterocycles. The van der Waals surface area contributed by atoms with Gasteiger partial charge in [0.25, 0.3) is 0 Å². The van der Waals surface area contributed by atoms with E-state index >= 15 is 0 Å². The number of rotatable bonds is 8. The Kier molecular flexibility index (Phi) is 5.91. The van der Waals surface area contributed by atoms with Gasteiger partial charge in [-0.2, -0.15) is 0 Å². The van der Waals surface area contributed by atoms with Crippen LogP contribution >= 0.6 is 0 Å². The van der Waals surface area contributed by atoms with E-state index in [9.17, 15) is 9.59 Å². The lowest BCUT2D eigenvalue weighted by Gasteiger charge is -2.10. The summed E-state index contributed by atoms with van der Waals surface area (Å²) >= 11 is 0. The van der Waals surface area contributed by atoms with Crippen LogP contribution in [0, 0.1) is 0 Å². The normalized spacial score (nSPS) is 11.9. The Bertz CT molecular complexity index is 652. The van der Waals surface area contributed by atoms with Gasteiger partial charge in [-0.1, -0.05) is 30.3 Å². The summed E-state index contributed by atoms with van der Waals surface area (Å²) in [5, 5.41) is 11.3. The molecule has 1 aromatic heterocycles. The second-order valence-electron chi connectivity index (χ2n) is 5.40. The SMILES string of the molecule is CC(CC(=O)O)NC(=O)CCCc1ncc(-c2ccccc2)o1. The molecule has 6 nitrogen and oxygen atoms in total. The number of aliphatic carboxylic acids is 1. The first-order chi connectivity index (χ1) is 11.0. The minimum atomic E-state index is -0.925. The van der Waals surface area contributed by atoms with E-state index in [1.165, 1.54) is 0 Å². The van der Waals surface area contributed by atoms with Crippen molar-refractivity contribution in [3.05, 3.63) is 42.4 Å². The summed E-state index contributed by atoms with van der Waals surface area (Å²) in [5.74, 6) is 0.218. The second kappa shape index (κ2) is 8.12. The van der Waals surface area contributed by atoms with Crippen molar-refractivity contribution in [2.45, 2.75) is 38.6 Å². The molecular weight excluding hydrogens is 296 g/mol. The topological polar surface area (TPSA) is 92.4 Å². The molecule has 1 aromatic carbocycles. The predicted molar refractivity (Wildman–Crippen MR) is 84.7 cm³/mol. The van der Waals surface area contributed by atoms with Crippen LogP contribution in [-0.2, 0) is 16.0 Å². The smallest absolute Gasteiger partial charge is 0.305 e. The molecule has 0 aliphatic heterocycles. The van der Waals surface area contributed by atoms with Gasteiger partial charge in [0.15, 0.2) is 11.7 Å². The van der Waals surface area contributed by atoms with E-state index in [0.29, 0.717) is 30.9 Å². The van der Waals surface area contributed by atoms with Crippen molar-refractivity contribution < 1.29 is 19.1 Å². The van der Waals surface area contributed by atoms with E-state index in [0.717, 1.165) is 5.56 Å². The van der Waals surface area contributed by atoms with Crippen LogP contribution in [0.2, 0.25) is 0 Å². The Balaban J connectivity index is 1.75. The van der Waals surface area contributed by atoms with Gasteiger partial charge in [0.05, 0.1) is 12.6 Å². The first-order valence-corrected chi connectivity index (χ1v) is 7.56. The third-order valence-corrected chi connectivity index (χ3v) is 3.29. The average molecular weight is 316 g/mol. The first kappa shape index (κ1) is 16.7. The Morgan fingerprint density at radius 1 is 1.30 bits per heavy atom. The van der Waals surface area contributed by atoms with Gasteiger partial charge >= 0.3 is 5.97 Å². The number of carbonyl (C=O) groups is 2. The highest BCUT2D eigenvalue weighted by atomic mass is 16.4. The van der Waals surface area contributed by atoms with Gasteiger partial charge in [-0.05, 0) is 13.3 Å². The molecule has 23 heavy (non-hydrogen) atoms. The van der Waals surface area contributed by atoms with E-state index in [4.69, 9.17) is 9.52 Å². The van der Waals surface area contributed by atoms with Crippen LogP contribution in [-0.4, -0.2) is 28.0 Å². The lowest BCUT2D eigenvalue weighted by atomic mass is 10.2. The highest BCUT2D eigenvalue weighted by Gasteiger charge is 2.11. The van der Waals surface area contributed by atoms with E-state index < -0.39 is 5.97 Å². The molecule has 0 spiro atoms. The van der Waals surface area contributed by atoms with Crippen molar-refractivity contribution in [3.8, 4) is 11.3 Å². The van der Waals surface area contributed by atoms with Crippen LogP contribution in [0.15, 0.2) is 40.9 Å². The van der Waals surface area contributed by atoms with Gasteiger partial charge in [-0.3, -0.25) is 9.59 Å². The molecule has 0 aliphatic carbocycles. The number of carbonyl (C=O) groups excluding carboxylic acids is 1. The van der Waals surface area contributed by atoms with Crippen LogP contribution < -0.4 is 5.32 Å². The quantitative estimate of drug-likeness (QED) is 0.781. The third-order valence-electron chi connectivity index (χ3n) is 3.29. The summed E-state index contributed by atoms with van der Waals surface area (Å²) in [4.78, 5) is 26.4. The number of benzene rings is 1. The number of hydrogen-bond donors (Lipinski definition) is 2. The number of nitrogens with one attached hydrogen (secondary N) is 1. The van der Waals surface area contributed by atoms with Gasteiger partial charge < -0.3 is 14.8 Å². The van der Waals surface area contributed by atoms with Crippen LogP contribution in [0.4, 0.5) is 0 Å². The molecule has 1 heterocycles. The monoisotopic (exact) mass is 316 g/mol. The lowest BCUT2D eigenvalue weighted by molar-refractivity contribution is -0.137. The summed E-state index contributed by atoms with van der Waals surface area (Å²) < 4.78 is 5.66. The van der Waals surface area contributed by atoms with Crippen LogP contribution in [0.25, 0.3) is 11.3 Å². The molecule has 0 aliphatic rings. The van der Waals surface area contributed by atoms with E-state index in [-0.39, 0.29) is 18.4 Å². The molecule has 0 radical (unpaired) electrons. The summed E-state index contributed by atoms with van der Waals surface area (Å²) in [6.45, 7) is 1.67. The predicted octanol–water partition coefficient (Wildman–Crippen LogP) is 2.64. The van der Waals surface area contributed by atoms with Crippen LogP contribution in [0.5, 0.6) is 0 Å². The van der Waals surface area contributed by atoms with Crippen molar-refractivity contribution in [2.24, 2.45) is 0 Å². The zero-order valence-electron chi connectivity index (χ0n) is 13.0. The Morgan fingerprint density at radius 2 is 2.04 bits per heavy atom. The van der Waals surface area contributed by atoms with Crippen molar-refractivity contribution >= 4 is 11.9 Å². The van der Waals surface area contributed by atoms with Gasteiger partial charge in [-0.15, -0.1) is 0 Å². The zero-order chi connectivity index (χ0) is 16.7. The third kappa shape index (κ3) is 5.58. The molecule has 0 bridgehead atoms. The Hall–Kier alpha value is -2.63. The molecule has 0 fully saturated rings. The van der Waals surface area contributed by atoms with Gasteiger partial charge in [-0.25, -0.2) is 4.98 Å². The summed E-state index contributed by atoms with van der Waals surface area (Å²) in [5.41, 5.74) is 0.964. The number of amides is 1. The number of carboxylic acids is 1. The van der Waals surface area contributed by atoms with Crippen LogP contribution in [0.3, 0.4) is 0 Å². The summed E-state index contributed by atoms with van der Waals surface area (Å²) in [6, 6.07) is 9.32.